The molecular weight excluding hydrogens is 84.1 g/mol. The van der Waals surface area contributed by atoms with Crippen molar-refractivity contribution in [3.05, 3.63) is 0 Å². The van der Waals surface area contributed by atoms with Gasteiger partial charge in [0.2, 0.25) is 0 Å². The Bertz CT molecular complexity index is 13.5. The molecule has 0 bridgehead atoms. The number of carbonyl (C=O) groups is 1. The van der Waals surface area contributed by atoms with Gasteiger partial charge in [-0.15, -0.1) is 0 Å². The van der Waals surface area contributed by atoms with Crippen LogP contribution in [0.1, 0.15) is 0 Å². The monoisotopic (exact) mass is 88.0 g/mol. The molecule has 0 aliphatic carbocycles. The molecule has 1 N–H and O–H groups in total. The van der Waals surface area contributed by atoms with Crippen molar-refractivity contribution in [2.24, 2.45) is 0 Å². The molecule has 0 radical (unpaired) electrons. The fourth-order valence-corrected chi connectivity index (χ4v) is 0. The summed E-state index contributed by atoms with van der Waals surface area (Å²) in [6.07, 6.45) is 0. The quantitative estimate of drug-likeness (QED) is 0.298. The molecule has 4 heavy (non-hydrogen) atoms. The average molecular weight is 88.1 g/mol. The Morgan fingerprint density at radius 3 is 1.75 bits per heavy atom. The second kappa shape index (κ2) is 9.29. The van der Waals surface area contributed by atoms with Crippen molar-refractivity contribution in [3.63, 3.8) is 0 Å². The van der Waals surface area contributed by atoms with Gasteiger partial charge in [0.25, 0.3) is 6.47 Å². The van der Waals surface area contributed by atoms with Crippen LogP contribution in [0.2, 0.25) is 0 Å². The summed E-state index contributed by atoms with van der Waals surface area (Å²) in [5, 5.41) is 6.89. The number of hydrogen-bond acceptors (Lipinski definition) is 1. The summed E-state index contributed by atoms with van der Waals surface area (Å²) in [6, 6.07) is 0. The van der Waals surface area contributed by atoms with E-state index >= 15 is 0 Å². The van der Waals surface area contributed by atoms with Crippen molar-refractivity contribution in [3.8, 4) is 0 Å². The first-order chi connectivity index (χ1) is 1.41. The molecular formula is CH4CaO2. The standard InChI is InChI=1S/CH2O2.Ca.2H/c2-1-3;;;/h1H,(H,2,3);;;. The van der Waals surface area contributed by atoms with Gasteiger partial charge in [0.15, 0.2) is 0 Å². The maximum atomic E-state index is 8.36. The van der Waals surface area contributed by atoms with Crippen LogP contribution >= 0.6 is 0 Å². The Kier molecular flexibility index (Phi) is 20.5. The average Bonchev–Trinajstić information content (AvgIpc) is 0.918. The summed E-state index contributed by atoms with van der Waals surface area (Å²) in [5.74, 6) is 0. The summed E-state index contributed by atoms with van der Waals surface area (Å²) in [5.41, 5.74) is 0. The van der Waals surface area contributed by atoms with Gasteiger partial charge in [0, 0.05) is 0 Å². The topological polar surface area (TPSA) is 37.3 Å². The van der Waals surface area contributed by atoms with Crippen molar-refractivity contribution in [2.75, 3.05) is 0 Å². The predicted molar refractivity (Wildman–Crippen MR) is 17.2 cm³/mol. The van der Waals surface area contributed by atoms with E-state index in [1.165, 1.54) is 0 Å². The first kappa shape index (κ1) is 8.83. The molecule has 0 saturated carbocycles. The Morgan fingerprint density at radius 2 is 1.75 bits per heavy atom. The van der Waals surface area contributed by atoms with Crippen molar-refractivity contribution >= 4 is 44.2 Å². The summed E-state index contributed by atoms with van der Waals surface area (Å²) in [6.45, 7) is -0.250. The molecule has 0 spiro atoms. The van der Waals surface area contributed by atoms with E-state index in [2.05, 4.69) is 0 Å². The van der Waals surface area contributed by atoms with Crippen LogP contribution in [-0.2, 0) is 4.79 Å². The van der Waals surface area contributed by atoms with Gasteiger partial charge in [-0.3, -0.25) is 4.79 Å². The molecule has 0 aromatic carbocycles. The van der Waals surface area contributed by atoms with Crippen LogP contribution in [0, 0.1) is 0 Å². The maximum absolute atomic E-state index is 8.36. The van der Waals surface area contributed by atoms with Crippen molar-refractivity contribution in [2.45, 2.75) is 0 Å². The summed E-state index contributed by atoms with van der Waals surface area (Å²) in [4.78, 5) is 8.36. The number of carboxylic acid groups (broad SMARTS) is 1. The minimum absolute atomic E-state index is 0. The fraction of sp³-hybridized carbons (Fsp3) is 0. The molecule has 22 valence electrons. The van der Waals surface area contributed by atoms with Gasteiger partial charge in [-0.2, -0.15) is 0 Å². The fourth-order valence-electron chi connectivity index (χ4n) is 0. The molecule has 0 aliphatic heterocycles. The molecule has 0 amide bonds. The molecule has 0 aromatic rings. The van der Waals surface area contributed by atoms with E-state index < -0.39 is 0 Å². The SMILES string of the molecule is O=CO.[CaH2]. The van der Waals surface area contributed by atoms with Crippen LogP contribution in [0.3, 0.4) is 0 Å². The van der Waals surface area contributed by atoms with Crippen LogP contribution in [0.25, 0.3) is 0 Å². The second-order valence-electron chi connectivity index (χ2n) is 0.105. The van der Waals surface area contributed by atoms with E-state index in [4.69, 9.17) is 9.90 Å². The first-order valence-electron chi connectivity index (χ1n) is 0.494. The molecule has 0 atom stereocenters. The zero-order valence-electron chi connectivity index (χ0n) is 1.43. The van der Waals surface area contributed by atoms with Gasteiger partial charge in [-0.25, -0.2) is 0 Å². The molecule has 0 heterocycles. The molecule has 0 saturated heterocycles. The molecule has 0 unspecified atom stereocenters. The van der Waals surface area contributed by atoms with Crippen LogP contribution < -0.4 is 0 Å². The van der Waals surface area contributed by atoms with E-state index in [0.29, 0.717) is 0 Å². The van der Waals surface area contributed by atoms with E-state index in [9.17, 15) is 0 Å². The summed E-state index contributed by atoms with van der Waals surface area (Å²) in [7, 11) is 0. The van der Waals surface area contributed by atoms with Gasteiger partial charge in [0.05, 0.1) is 0 Å². The predicted octanol–water partition coefficient (Wildman–Crippen LogP) is -1.22. The molecule has 0 aromatic heterocycles. The Labute approximate surface area is 53.8 Å². The van der Waals surface area contributed by atoms with Crippen LogP contribution in [-0.4, -0.2) is 49.3 Å². The van der Waals surface area contributed by atoms with Gasteiger partial charge < -0.3 is 5.11 Å². The third kappa shape index (κ3) is 15.3. The van der Waals surface area contributed by atoms with E-state index in [1.54, 1.807) is 0 Å². The second-order valence-corrected chi connectivity index (χ2v) is 0.105. The van der Waals surface area contributed by atoms with E-state index in [-0.39, 0.29) is 44.2 Å². The number of hydrogen-bond donors (Lipinski definition) is 1. The van der Waals surface area contributed by atoms with Crippen molar-refractivity contribution < 1.29 is 9.90 Å². The van der Waals surface area contributed by atoms with Gasteiger partial charge in [-0.05, 0) is 0 Å². The van der Waals surface area contributed by atoms with Crippen molar-refractivity contribution in [1.82, 2.24) is 0 Å². The third-order valence-corrected chi connectivity index (χ3v) is 0. The van der Waals surface area contributed by atoms with E-state index in [0.717, 1.165) is 0 Å². The van der Waals surface area contributed by atoms with Gasteiger partial charge in [0.1, 0.15) is 0 Å². The normalized spacial score (nSPS) is 3.00. The summed E-state index contributed by atoms with van der Waals surface area (Å²) >= 11 is 0. The van der Waals surface area contributed by atoms with E-state index in [1.807, 2.05) is 0 Å². The van der Waals surface area contributed by atoms with Crippen LogP contribution in [0.4, 0.5) is 0 Å². The van der Waals surface area contributed by atoms with Gasteiger partial charge >= 0.3 is 37.7 Å². The minimum atomic E-state index is -0.250. The zero-order valence-corrected chi connectivity index (χ0v) is 1.43. The first-order valence-corrected chi connectivity index (χ1v) is 0.494. The Morgan fingerprint density at radius 1 is 1.75 bits per heavy atom. The van der Waals surface area contributed by atoms with Crippen LogP contribution in [0.5, 0.6) is 0 Å². The zero-order chi connectivity index (χ0) is 2.71. The number of rotatable bonds is 0. The third-order valence-electron chi connectivity index (χ3n) is 0. The Balaban J connectivity index is 0. The molecule has 3 heteroatoms. The molecule has 2 nitrogen and oxygen atoms in total. The summed E-state index contributed by atoms with van der Waals surface area (Å²) < 4.78 is 0. The molecule has 0 rings (SSSR count). The Hall–Kier alpha value is 0.730. The molecule has 0 aliphatic rings. The van der Waals surface area contributed by atoms with Gasteiger partial charge in [-0.1, -0.05) is 0 Å². The van der Waals surface area contributed by atoms with Crippen LogP contribution in [0.15, 0.2) is 0 Å². The molecule has 0 fully saturated rings. The van der Waals surface area contributed by atoms with Crippen molar-refractivity contribution in [1.29, 1.82) is 0 Å².